The van der Waals surface area contributed by atoms with Gasteiger partial charge in [-0.2, -0.15) is 0 Å². The molecule has 0 bridgehead atoms. The summed E-state index contributed by atoms with van der Waals surface area (Å²) in [5.41, 5.74) is 0.382. The summed E-state index contributed by atoms with van der Waals surface area (Å²) in [5, 5.41) is -0.342. The summed E-state index contributed by atoms with van der Waals surface area (Å²) in [6, 6.07) is 3.54. The van der Waals surface area contributed by atoms with Gasteiger partial charge >= 0.3 is 0 Å². The predicted molar refractivity (Wildman–Crippen MR) is 83.7 cm³/mol. The Hall–Kier alpha value is -0.850. The van der Waals surface area contributed by atoms with Crippen molar-refractivity contribution in [1.29, 1.82) is 0 Å². The zero-order valence-electron chi connectivity index (χ0n) is 12.0. The topological polar surface area (TPSA) is 23.6 Å². The second-order valence-corrected chi connectivity index (χ2v) is 6.14. The molecule has 1 saturated heterocycles. The van der Waals surface area contributed by atoms with Crippen LogP contribution in [0, 0.1) is 11.6 Å². The molecule has 1 atom stereocenters. The average Bonchev–Trinajstić information content (AvgIpc) is 2.71. The van der Waals surface area contributed by atoms with Crippen molar-refractivity contribution in [3.05, 3.63) is 35.4 Å². The quantitative estimate of drug-likeness (QED) is 0.826. The maximum atomic E-state index is 13.9. The van der Waals surface area contributed by atoms with E-state index in [4.69, 9.17) is 0 Å². The Morgan fingerprint density at radius 1 is 1.38 bits per heavy atom. The Balaban J connectivity index is 0.00000220. The minimum atomic E-state index is -0.597. The molecule has 1 aromatic carbocycles. The maximum Gasteiger partial charge on any atom is 0.233 e. The largest absolute Gasteiger partial charge is 0.326 e. The molecule has 3 nitrogen and oxygen atoms in total. The lowest BCUT2D eigenvalue weighted by Gasteiger charge is -2.25. The fourth-order valence-electron chi connectivity index (χ4n) is 2.21. The van der Waals surface area contributed by atoms with Gasteiger partial charge in [0.2, 0.25) is 5.91 Å². The first-order chi connectivity index (χ1) is 9.49. The third-order valence-corrected chi connectivity index (χ3v) is 4.44. The van der Waals surface area contributed by atoms with Crippen molar-refractivity contribution >= 4 is 30.1 Å². The molecule has 1 aromatic rings. The van der Waals surface area contributed by atoms with Crippen LogP contribution in [0.1, 0.15) is 17.4 Å². The zero-order valence-corrected chi connectivity index (χ0v) is 13.6. The van der Waals surface area contributed by atoms with Gasteiger partial charge < -0.3 is 9.80 Å². The van der Waals surface area contributed by atoms with E-state index in [1.165, 1.54) is 23.9 Å². The number of carbonyl (C=O) groups is 1. The molecule has 1 heterocycles. The van der Waals surface area contributed by atoms with Gasteiger partial charge in [-0.25, -0.2) is 8.78 Å². The molecule has 1 unspecified atom stereocenters. The second-order valence-electron chi connectivity index (χ2n) is 5.07. The number of rotatable bonds is 5. The van der Waals surface area contributed by atoms with Crippen molar-refractivity contribution in [2.75, 3.05) is 32.9 Å². The van der Waals surface area contributed by atoms with Crippen LogP contribution in [0.2, 0.25) is 0 Å². The van der Waals surface area contributed by atoms with Crippen LogP contribution in [0.25, 0.3) is 0 Å². The van der Waals surface area contributed by atoms with Crippen molar-refractivity contribution in [3.8, 4) is 0 Å². The Morgan fingerprint density at radius 2 is 2.10 bits per heavy atom. The van der Waals surface area contributed by atoms with Gasteiger partial charge in [-0.1, -0.05) is 6.07 Å². The summed E-state index contributed by atoms with van der Waals surface area (Å²) in [6.45, 7) is 1.46. The van der Waals surface area contributed by atoms with Crippen LogP contribution in [0.3, 0.4) is 0 Å². The number of hydrogen-bond donors (Lipinski definition) is 0. The highest BCUT2D eigenvalue weighted by Crippen LogP contribution is 2.39. The summed E-state index contributed by atoms with van der Waals surface area (Å²) in [6.07, 6.45) is 0.832. The van der Waals surface area contributed by atoms with Crippen molar-refractivity contribution < 1.29 is 13.6 Å². The Kier molecular flexibility index (Phi) is 6.90. The molecule has 1 aliphatic heterocycles. The van der Waals surface area contributed by atoms with Gasteiger partial charge in [0.15, 0.2) is 0 Å². The predicted octanol–water partition coefficient (Wildman–Crippen LogP) is 2.91. The highest BCUT2D eigenvalue weighted by atomic mass is 35.5. The minimum Gasteiger partial charge on any atom is -0.326 e. The van der Waals surface area contributed by atoms with Crippen LogP contribution in [-0.4, -0.2) is 48.6 Å². The first-order valence-corrected chi connectivity index (χ1v) is 7.54. The van der Waals surface area contributed by atoms with E-state index in [1.54, 1.807) is 4.90 Å². The molecule has 118 valence electrons. The molecular weight excluding hydrogens is 318 g/mol. The molecule has 0 radical (unpaired) electrons. The zero-order chi connectivity index (χ0) is 14.7. The molecule has 7 heteroatoms. The number of halogens is 3. The lowest BCUT2D eigenvalue weighted by Crippen LogP contribution is -2.31. The van der Waals surface area contributed by atoms with Crippen LogP contribution in [-0.2, 0) is 4.79 Å². The molecule has 0 aliphatic carbocycles. The molecule has 0 spiro atoms. The van der Waals surface area contributed by atoms with Gasteiger partial charge in [-0.3, -0.25) is 4.79 Å². The van der Waals surface area contributed by atoms with Crippen LogP contribution >= 0.6 is 24.2 Å². The van der Waals surface area contributed by atoms with Crippen molar-refractivity contribution in [2.24, 2.45) is 0 Å². The van der Waals surface area contributed by atoms with E-state index in [0.29, 0.717) is 17.9 Å². The van der Waals surface area contributed by atoms with Gasteiger partial charge in [0.05, 0.1) is 5.75 Å². The molecule has 1 fully saturated rings. The molecule has 1 aliphatic rings. The van der Waals surface area contributed by atoms with Crippen LogP contribution in [0.5, 0.6) is 0 Å². The van der Waals surface area contributed by atoms with Crippen LogP contribution in [0.15, 0.2) is 18.2 Å². The number of thioether (sulfide) groups is 1. The lowest BCUT2D eigenvalue weighted by molar-refractivity contribution is -0.128. The monoisotopic (exact) mass is 336 g/mol. The van der Waals surface area contributed by atoms with E-state index in [0.717, 1.165) is 19.0 Å². The summed E-state index contributed by atoms with van der Waals surface area (Å²) in [5.74, 6) is -0.819. The van der Waals surface area contributed by atoms with Gasteiger partial charge in [-0.15, -0.1) is 24.2 Å². The van der Waals surface area contributed by atoms with E-state index in [2.05, 4.69) is 0 Å². The van der Waals surface area contributed by atoms with E-state index in [-0.39, 0.29) is 23.7 Å². The molecule has 2 rings (SSSR count). The standard InChI is InChI=1S/C14H18F2N2OS.ClH/c1-17(2)6-3-7-18-13(19)9-20-14(18)11-5-4-10(15)8-12(11)16;/h4-5,8,14H,3,6-7,9H2,1-2H3;1H. The fourth-order valence-corrected chi connectivity index (χ4v) is 3.45. The van der Waals surface area contributed by atoms with Crippen molar-refractivity contribution in [2.45, 2.75) is 11.8 Å². The first kappa shape index (κ1) is 18.2. The summed E-state index contributed by atoms with van der Waals surface area (Å²) in [4.78, 5) is 15.6. The van der Waals surface area contributed by atoms with Crippen molar-refractivity contribution in [1.82, 2.24) is 9.80 Å². The third-order valence-electron chi connectivity index (χ3n) is 3.20. The molecule has 21 heavy (non-hydrogen) atoms. The first-order valence-electron chi connectivity index (χ1n) is 6.50. The number of carbonyl (C=O) groups excluding carboxylic acids is 1. The average molecular weight is 337 g/mol. The fraction of sp³-hybridized carbons (Fsp3) is 0.500. The SMILES string of the molecule is CN(C)CCCN1C(=O)CSC1c1ccc(F)cc1F.Cl. The maximum absolute atomic E-state index is 13.9. The van der Waals surface area contributed by atoms with Gasteiger partial charge in [0.1, 0.15) is 17.0 Å². The van der Waals surface area contributed by atoms with E-state index < -0.39 is 11.6 Å². The third kappa shape index (κ3) is 4.56. The van der Waals surface area contributed by atoms with E-state index >= 15 is 0 Å². The van der Waals surface area contributed by atoms with Gasteiger partial charge in [0, 0.05) is 18.2 Å². The summed E-state index contributed by atoms with van der Waals surface area (Å²) in [7, 11) is 3.94. The molecular formula is C14H19ClF2N2OS. The van der Waals surface area contributed by atoms with Crippen molar-refractivity contribution in [3.63, 3.8) is 0 Å². The van der Waals surface area contributed by atoms with Gasteiger partial charge in [-0.05, 0) is 33.1 Å². The smallest absolute Gasteiger partial charge is 0.233 e. The lowest BCUT2D eigenvalue weighted by atomic mass is 10.2. The van der Waals surface area contributed by atoms with Gasteiger partial charge in [0.25, 0.3) is 0 Å². The second kappa shape index (κ2) is 7.96. The normalized spacial score (nSPS) is 18.2. The molecule has 1 amide bonds. The van der Waals surface area contributed by atoms with E-state index in [9.17, 15) is 13.6 Å². The molecule has 0 aromatic heterocycles. The highest BCUT2D eigenvalue weighted by Gasteiger charge is 2.33. The number of hydrogen-bond acceptors (Lipinski definition) is 3. The Bertz CT molecular complexity index is 502. The Morgan fingerprint density at radius 3 is 2.71 bits per heavy atom. The molecule has 0 saturated carbocycles. The van der Waals surface area contributed by atoms with E-state index in [1.807, 2.05) is 19.0 Å². The number of amides is 1. The number of nitrogens with zero attached hydrogens (tertiary/aromatic N) is 2. The van der Waals surface area contributed by atoms with Crippen LogP contribution in [0.4, 0.5) is 8.78 Å². The number of benzene rings is 1. The summed E-state index contributed by atoms with van der Waals surface area (Å²) < 4.78 is 26.8. The molecule has 0 N–H and O–H groups in total. The highest BCUT2D eigenvalue weighted by molar-refractivity contribution is 8.00. The Labute approximate surface area is 134 Å². The minimum absolute atomic E-state index is 0. The summed E-state index contributed by atoms with van der Waals surface area (Å²) >= 11 is 1.39. The van der Waals surface area contributed by atoms with Crippen LogP contribution < -0.4 is 0 Å².